The molecule has 1 unspecified atom stereocenters. The molecule has 0 saturated carbocycles. The van der Waals surface area contributed by atoms with Crippen LogP contribution < -0.4 is 5.32 Å². The smallest absolute Gasteiger partial charge is 0.253 e. The molecule has 132 valence electrons. The second-order valence-electron chi connectivity index (χ2n) is 5.90. The van der Waals surface area contributed by atoms with E-state index in [1.54, 1.807) is 35.4 Å². The highest BCUT2D eigenvalue weighted by molar-refractivity contribution is 7.84. The minimum atomic E-state index is -1.04. The van der Waals surface area contributed by atoms with Crippen molar-refractivity contribution in [2.24, 2.45) is 0 Å². The zero-order valence-corrected chi connectivity index (χ0v) is 15.1. The van der Waals surface area contributed by atoms with Crippen LogP contribution in [0.25, 0.3) is 0 Å². The summed E-state index contributed by atoms with van der Waals surface area (Å²) in [5.41, 5.74) is 0.610. The van der Waals surface area contributed by atoms with Gasteiger partial charge in [-0.05, 0) is 30.7 Å². The Morgan fingerprint density at radius 2 is 1.75 bits per heavy atom. The Morgan fingerprint density at radius 1 is 1.12 bits per heavy atom. The van der Waals surface area contributed by atoms with Gasteiger partial charge in [-0.15, -0.1) is 0 Å². The van der Waals surface area contributed by atoms with Gasteiger partial charge < -0.3 is 10.2 Å². The van der Waals surface area contributed by atoms with Crippen LogP contribution in [0.2, 0.25) is 0 Å². The summed E-state index contributed by atoms with van der Waals surface area (Å²) in [5.74, 6) is 0.0262. The largest absolute Gasteiger partial charge is 0.355 e. The number of rotatable bonds is 6. The Hall–Kier alpha value is -1.73. The van der Waals surface area contributed by atoms with Gasteiger partial charge in [-0.25, -0.2) is 0 Å². The van der Waals surface area contributed by atoms with Crippen LogP contribution in [0.15, 0.2) is 29.2 Å². The number of piperazine rings is 1. The number of hydrogen-bond donors (Lipinski definition) is 1. The van der Waals surface area contributed by atoms with E-state index in [0.29, 0.717) is 44.8 Å². The molecule has 6 nitrogen and oxygen atoms in total. The van der Waals surface area contributed by atoms with Gasteiger partial charge in [0.15, 0.2) is 0 Å². The van der Waals surface area contributed by atoms with E-state index in [1.165, 1.54) is 0 Å². The van der Waals surface area contributed by atoms with Gasteiger partial charge in [-0.2, -0.15) is 0 Å². The average molecular weight is 351 g/mol. The maximum atomic E-state index is 12.5. The highest BCUT2D eigenvalue weighted by Crippen LogP contribution is 2.12. The maximum absolute atomic E-state index is 12.5. The van der Waals surface area contributed by atoms with E-state index in [4.69, 9.17) is 0 Å². The molecule has 1 N–H and O–H groups in total. The summed E-state index contributed by atoms with van der Waals surface area (Å²) in [5, 5.41) is 2.87. The van der Waals surface area contributed by atoms with Gasteiger partial charge in [0.25, 0.3) is 5.91 Å². The first-order valence-corrected chi connectivity index (χ1v) is 9.79. The lowest BCUT2D eigenvalue weighted by molar-refractivity contribution is -0.122. The number of carbonyl (C=O) groups excluding carboxylic acids is 2. The van der Waals surface area contributed by atoms with Gasteiger partial charge in [0, 0.05) is 60.2 Å². The van der Waals surface area contributed by atoms with Gasteiger partial charge in [-0.3, -0.25) is 18.7 Å². The fourth-order valence-corrected chi connectivity index (χ4v) is 3.12. The molecule has 0 aliphatic carbocycles. The molecule has 24 heavy (non-hydrogen) atoms. The van der Waals surface area contributed by atoms with Crippen LogP contribution in [0.3, 0.4) is 0 Å². The van der Waals surface area contributed by atoms with Crippen molar-refractivity contribution in [1.82, 2.24) is 15.1 Å². The molecule has 2 amide bonds. The van der Waals surface area contributed by atoms with E-state index < -0.39 is 10.8 Å². The van der Waals surface area contributed by atoms with Crippen molar-refractivity contribution in [1.29, 1.82) is 0 Å². The third-order valence-electron chi connectivity index (χ3n) is 4.03. The van der Waals surface area contributed by atoms with Gasteiger partial charge in [0.05, 0.1) is 6.54 Å². The zero-order chi connectivity index (χ0) is 17.5. The van der Waals surface area contributed by atoms with E-state index in [9.17, 15) is 13.8 Å². The van der Waals surface area contributed by atoms with Crippen molar-refractivity contribution in [3.8, 4) is 0 Å². The molecule has 0 radical (unpaired) electrons. The molecule has 1 heterocycles. The summed E-state index contributed by atoms with van der Waals surface area (Å²) in [6, 6.07) is 6.92. The lowest BCUT2D eigenvalue weighted by Gasteiger charge is -2.34. The summed E-state index contributed by atoms with van der Waals surface area (Å²) in [6.45, 7) is 5.73. The molecule has 0 spiro atoms. The molecule has 1 aromatic carbocycles. The average Bonchev–Trinajstić information content (AvgIpc) is 2.60. The van der Waals surface area contributed by atoms with Gasteiger partial charge in [0.2, 0.25) is 5.91 Å². The number of hydrogen-bond acceptors (Lipinski definition) is 4. The Balaban J connectivity index is 1.84. The second-order valence-corrected chi connectivity index (χ2v) is 7.28. The van der Waals surface area contributed by atoms with Crippen LogP contribution >= 0.6 is 0 Å². The number of nitrogens with one attached hydrogen (secondary N) is 1. The molecular formula is C17H25N3O3S. The molecule has 1 aliphatic rings. The van der Waals surface area contributed by atoms with Crippen molar-refractivity contribution < 1.29 is 13.8 Å². The molecule has 7 heteroatoms. The Bertz CT molecular complexity index is 596. The van der Waals surface area contributed by atoms with Crippen molar-refractivity contribution in [3.63, 3.8) is 0 Å². The minimum Gasteiger partial charge on any atom is -0.355 e. The number of nitrogens with zero attached hydrogens (tertiary/aromatic N) is 2. The summed E-state index contributed by atoms with van der Waals surface area (Å²) in [7, 11) is -1.04. The lowest BCUT2D eigenvalue weighted by Crippen LogP contribution is -2.51. The van der Waals surface area contributed by atoms with Crippen molar-refractivity contribution in [2.45, 2.75) is 18.2 Å². The SMILES string of the molecule is CCCNC(=O)CN1CCN(C(=O)c2ccc(S(C)=O)cc2)CC1. The van der Waals surface area contributed by atoms with Crippen molar-refractivity contribution in [2.75, 3.05) is 45.5 Å². The highest BCUT2D eigenvalue weighted by atomic mass is 32.2. The molecule has 1 saturated heterocycles. The van der Waals surface area contributed by atoms with E-state index >= 15 is 0 Å². The summed E-state index contributed by atoms with van der Waals surface area (Å²) >= 11 is 0. The van der Waals surface area contributed by atoms with Crippen LogP contribution in [-0.4, -0.2) is 71.3 Å². The molecule has 1 aromatic rings. The quantitative estimate of drug-likeness (QED) is 0.819. The molecule has 0 bridgehead atoms. The normalized spacial score (nSPS) is 16.7. The van der Waals surface area contributed by atoms with Crippen molar-refractivity contribution in [3.05, 3.63) is 29.8 Å². The van der Waals surface area contributed by atoms with Gasteiger partial charge in [-0.1, -0.05) is 6.92 Å². The fourth-order valence-electron chi connectivity index (χ4n) is 2.60. The monoisotopic (exact) mass is 351 g/mol. The van der Waals surface area contributed by atoms with Crippen LogP contribution in [0.1, 0.15) is 23.7 Å². The van der Waals surface area contributed by atoms with Crippen LogP contribution in [0, 0.1) is 0 Å². The second kappa shape index (κ2) is 8.94. The van der Waals surface area contributed by atoms with Crippen LogP contribution in [0.5, 0.6) is 0 Å². The fraction of sp³-hybridized carbons (Fsp3) is 0.529. The van der Waals surface area contributed by atoms with E-state index in [2.05, 4.69) is 10.2 Å². The van der Waals surface area contributed by atoms with Gasteiger partial charge in [0.1, 0.15) is 0 Å². The summed E-state index contributed by atoms with van der Waals surface area (Å²) in [4.78, 5) is 28.8. The Morgan fingerprint density at radius 3 is 2.29 bits per heavy atom. The molecule has 0 aromatic heterocycles. The first-order chi connectivity index (χ1) is 11.5. The molecule has 1 atom stereocenters. The number of amides is 2. The topological polar surface area (TPSA) is 69.7 Å². The van der Waals surface area contributed by atoms with Crippen LogP contribution in [0.4, 0.5) is 0 Å². The van der Waals surface area contributed by atoms with E-state index in [0.717, 1.165) is 11.3 Å². The third kappa shape index (κ3) is 5.14. The van der Waals surface area contributed by atoms with Gasteiger partial charge >= 0.3 is 0 Å². The zero-order valence-electron chi connectivity index (χ0n) is 14.3. The predicted octanol–water partition coefficient (Wildman–Crippen LogP) is 0.708. The van der Waals surface area contributed by atoms with E-state index in [1.807, 2.05) is 6.92 Å². The molecule has 1 fully saturated rings. The van der Waals surface area contributed by atoms with Crippen molar-refractivity contribution >= 4 is 22.6 Å². The Kier molecular flexibility index (Phi) is 6.93. The lowest BCUT2D eigenvalue weighted by atomic mass is 10.2. The first-order valence-electron chi connectivity index (χ1n) is 8.23. The predicted molar refractivity (Wildman–Crippen MR) is 94.4 cm³/mol. The van der Waals surface area contributed by atoms with Crippen LogP contribution in [-0.2, 0) is 15.6 Å². The number of carbonyl (C=O) groups is 2. The highest BCUT2D eigenvalue weighted by Gasteiger charge is 2.23. The third-order valence-corrected chi connectivity index (χ3v) is 4.97. The maximum Gasteiger partial charge on any atom is 0.253 e. The van der Waals surface area contributed by atoms with E-state index in [-0.39, 0.29) is 11.8 Å². The standard InChI is InChI=1S/C17H25N3O3S/c1-3-8-18-16(21)13-19-9-11-20(12-10-19)17(22)14-4-6-15(7-5-14)24(2)23/h4-7H,3,8-13H2,1-2H3,(H,18,21). The summed E-state index contributed by atoms with van der Waals surface area (Å²) < 4.78 is 11.4. The molecule has 2 rings (SSSR count). The minimum absolute atomic E-state index is 0.0153. The Labute approximate surface area is 145 Å². The molecular weight excluding hydrogens is 326 g/mol. The number of benzene rings is 1. The summed E-state index contributed by atoms with van der Waals surface area (Å²) in [6.07, 6.45) is 2.55. The molecule has 1 aliphatic heterocycles. The first kappa shape index (κ1) is 18.6.